The van der Waals surface area contributed by atoms with Gasteiger partial charge in [-0.15, -0.1) is 12.4 Å². The summed E-state index contributed by atoms with van der Waals surface area (Å²) in [6.45, 7) is 0. The molecule has 122 valence electrons. The van der Waals surface area contributed by atoms with Gasteiger partial charge >= 0.3 is 0 Å². The third-order valence-electron chi connectivity index (χ3n) is 4.66. The van der Waals surface area contributed by atoms with Crippen LogP contribution in [0.25, 0.3) is 0 Å². The second kappa shape index (κ2) is 7.49. The van der Waals surface area contributed by atoms with Crippen LogP contribution in [-0.2, 0) is 6.42 Å². The van der Waals surface area contributed by atoms with Gasteiger partial charge in [0.2, 0.25) is 0 Å². The van der Waals surface area contributed by atoms with E-state index < -0.39 is 7.92 Å². The molecule has 0 aliphatic heterocycles. The quantitative estimate of drug-likeness (QED) is 0.703. The van der Waals surface area contributed by atoms with Crippen molar-refractivity contribution in [3.63, 3.8) is 0 Å². The fourth-order valence-electron chi connectivity index (χ4n) is 3.57. The Kier molecular flexibility index (Phi) is 5.36. The number of nitrogens with two attached hydrogens (primary N) is 1. The van der Waals surface area contributed by atoms with Gasteiger partial charge in [0, 0.05) is 11.7 Å². The largest absolute Gasteiger partial charge is 0.323 e. The number of rotatable bonds is 3. The van der Waals surface area contributed by atoms with Crippen LogP contribution in [0, 0.1) is 0 Å². The van der Waals surface area contributed by atoms with Crippen molar-refractivity contribution in [3.05, 3.63) is 96.1 Å². The van der Waals surface area contributed by atoms with E-state index in [1.807, 2.05) is 0 Å². The fourth-order valence-corrected chi connectivity index (χ4v) is 6.48. The molecule has 1 nitrogen and oxygen atoms in total. The van der Waals surface area contributed by atoms with Crippen LogP contribution in [0.4, 0.5) is 0 Å². The monoisotopic (exact) mass is 353 g/mol. The first-order chi connectivity index (χ1) is 11.3. The Morgan fingerprint density at radius 2 is 1.21 bits per heavy atom. The first-order valence-corrected chi connectivity index (χ1v) is 9.48. The second-order valence-corrected chi connectivity index (χ2v) is 8.47. The van der Waals surface area contributed by atoms with Gasteiger partial charge in [-0.3, -0.25) is 0 Å². The normalized spacial score (nSPS) is 18.9. The van der Waals surface area contributed by atoms with Crippen molar-refractivity contribution in [1.29, 1.82) is 0 Å². The molecule has 0 radical (unpaired) electrons. The fraction of sp³-hybridized carbons (Fsp3) is 0.143. The number of halogens is 1. The van der Waals surface area contributed by atoms with Gasteiger partial charge in [-0.2, -0.15) is 0 Å². The van der Waals surface area contributed by atoms with E-state index >= 15 is 0 Å². The number of hydrogen-bond acceptors (Lipinski definition) is 1. The summed E-state index contributed by atoms with van der Waals surface area (Å²) in [6.07, 6.45) is 1.08. The zero-order valence-corrected chi connectivity index (χ0v) is 15.1. The van der Waals surface area contributed by atoms with Crippen molar-refractivity contribution < 1.29 is 0 Å². The van der Waals surface area contributed by atoms with Gasteiger partial charge in [0.25, 0.3) is 0 Å². The van der Waals surface area contributed by atoms with Crippen molar-refractivity contribution in [3.8, 4) is 0 Å². The predicted octanol–water partition coefficient (Wildman–Crippen LogP) is 4.17. The van der Waals surface area contributed by atoms with Crippen molar-refractivity contribution in [1.82, 2.24) is 0 Å². The van der Waals surface area contributed by atoms with Crippen LogP contribution in [0.1, 0.15) is 17.2 Å². The summed E-state index contributed by atoms with van der Waals surface area (Å²) in [7, 11) is -0.463. The minimum atomic E-state index is -0.463. The molecule has 0 saturated heterocycles. The van der Waals surface area contributed by atoms with Crippen LogP contribution in [0.15, 0.2) is 84.9 Å². The molecule has 24 heavy (non-hydrogen) atoms. The summed E-state index contributed by atoms with van der Waals surface area (Å²) in [6, 6.07) is 30.6. The lowest BCUT2D eigenvalue weighted by Crippen LogP contribution is -2.28. The lowest BCUT2D eigenvalue weighted by Gasteiger charge is -2.28. The summed E-state index contributed by atoms with van der Waals surface area (Å²) in [5.74, 6) is 0. The summed E-state index contributed by atoms with van der Waals surface area (Å²) >= 11 is 0. The van der Waals surface area contributed by atoms with Crippen LogP contribution in [0.2, 0.25) is 0 Å². The minimum Gasteiger partial charge on any atom is -0.323 e. The highest BCUT2D eigenvalue weighted by molar-refractivity contribution is 7.73. The summed E-state index contributed by atoms with van der Waals surface area (Å²) in [5.41, 5.74) is 9.90. The van der Waals surface area contributed by atoms with Crippen molar-refractivity contribution >= 4 is 30.9 Å². The van der Waals surface area contributed by atoms with E-state index in [9.17, 15) is 0 Å². The molecule has 3 heteroatoms. The van der Waals surface area contributed by atoms with Crippen LogP contribution >= 0.6 is 20.3 Å². The zero-order chi connectivity index (χ0) is 15.6. The smallest absolute Gasteiger partial charge is 0.0375 e. The van der Waals surface area contributed by atoms with Gasteiger partial charge < -0.3 is 5.73 Å². The van der Waals surface area contributed by atoms with Crippen LogP contribution in [0.5, 0.6) is 0 Å². The summed E-state index contributed by atoms with van der Waals surface area (Å²) in [4.78, 5) is 0. The molecule has 2 atom stereocenters. The predicted molar refractivity (Wildman–Crippen MR) is 107 cm³/mol. The maximum Gasteiger partial charge on any atom is 0.0375 e. The van der Waals surface area contributed by atoms with Crippen LogP contribution < -0.4 is 16.3 Å². The molecular formula is C21H21ClNP. The van der Waals surface area contributed by atoms with E-state index in [4.69, 9.17) is 5.73 Å². The number of benzene rings is 3. The second-order valence-electron chi connectivity index (χ2n) is 6.04. The molecule has 0 unspecified atom stereocenters. The van der Waals surface area contributed by atoms with Gasteiger partial charge in [-0.25, -0.2) is 0 Å². The van der Waals surface area contributed by atoms with Crippen molar-refractivity contribution in [2.45, 2.75) is 18.1 Å². The highest BCUT2D eigenvalue weighted by Crippen LogP contribution is 2.50. The van der Waals surface area contributed by atoms with E-state index in [1.165, 1.54) is 21.7 Å². The maximum absolute atomic E-state index is 6.68. The lowest BCUT2D eigenvalue weighted by atomic mass is 10.1. The molecular weight excluding hydrogens is 333 g/mol. The number of fused-ring (bicyclic) bond motifs is 1. The Hall–Kier alpha value is -1.66. The molecule has 0 amide bonds. The first kappa shape index (κ1) is 17.2. The van der Waals surface area contributed by atoms with E-state index in [0.717, 1.165) is 6.42 Å². The molecule has 0 spiro atoms. The summed E-state index contributed by atoms with van der Waals surface area (Å²) in [5, 5.41) is 2.84. The zero-order valence-electron chi connectivity index (χ0n) is 13.4. The third kappa shape index (κ3) is 3.13. The first-order valence-electron chi connectivity index (χ1n) is 8.07. The average molecular weight is 354 g/mol. The SMILES string of the molecule is Cl.N[C@H]1c2ccccc2C[C@@H]1P(c1ccccc1)c1ccccc1. The van der Waals surface area contributed by atoms with E-state index in [2.05, 4.69) is 84.9 Å². The van der Waals surface area contributed by atoms with Gasteiger partial charge in [-0.1, -0.05) is 84.9 Å². The highest BCUT2D eigenvalue weighted by atomic mass is 35.5. The Morgan fingerprint density at radius 3 is 1.75 bits per heavy atom. The molecule has 3 aromatic carbocycles. The van der Waals surface area contributed by atoms with Gasteiger partial charge in [0.15, 0.2) is 0 Å². The lowest BCUT2D eigenvalue weighted by molar-refractivity contribution is 0.726. The Bertz CT molecular complexity index is 752. The van der Waals surface area contributed by atoms with Gasteiger partial charge in [0.05, 0.1) is 0 Å². The molecule has 0 heterocycles. The molecule has 0 aromatic heterocycles. The van der Waals surface area contributed by atoms with Crippen molar-refractivity contribution in [2.24, 2.45) is 5.73 Å². The minimum absolute atomic E-state index is 0. The standard InChI is InChI=1S/C21H20NP.ClH/c22-21-19-14-8-7-9-16(19)15-20(21)23(17-10-3-1-4-11-17)18-12-5-2-6-13-18;/h1-14,20-21H,15,22H2;1H/t20-,21-;/m0./s1. The van der Waals surface area contributed by atoms with Gasteiger partial charge in [0.1, 0.15) is 0 Å². The topological polar surface area (TPSA) is 26.0 Å². The molecule has 0 fully saturated rings. The highest BCUT2D eigenvalue weighted by Gasteiger charge is 2.36. The van der Waals surface area contributed by atoms with E-state index in [-0.39, 0.29) is 18.4 Å². The van der Waals surface area contributed by atoms with Crippen LogP contribution in [0.3, 0.4) is 0 Å². The average Bonchev–Trinajstić information content (AvgIpc) is 2.94. The Balaban J connectivity index is 0.00000169. The Labute approximate surface area is 151 Å². The molecule has 0 saturated carbocycles. The summed E-state index contributed by atoms with van der Waals surface area (Å²) < 4.78 is 0. The Morgan fingerprint density at radius 1 is 0.708 bits per heavy atom. The van der Waals surface area contributed by atoms with E-state index in [1.54, 1.807) is 0 Å². The number of hydrogen-bond donors (Lipinski definition) is 1. The molecule has 1 aliphatic carbocycles. The third-order valence-corrected chi connectivity index (χ3v) is 7.53. The maximum atomic E-state index is 6.68. The van der Waals surface area contributed by atoms with Crippen LogP contribution in [-0.4, -0.2) is 5.66 Å². The molecule has 4 rings (SSSR count). The molecule has 1 aliphatic rings. The molecule has 3 aromatic rings. The van der Waals surface area contributed by atoms with E-state index in [0.29, 0.717) is 5.66 Å². The van der Waals surface area contributed by atoms with Crippen molar-refractivity contribution in [2.75, 3.05) is 0 Å². The van der Waals surface area contributed by atoms with Gasteiger partial charge in [-0.05, 0) is 36.1 Å². The molecule has 0 bridgehead atoms. The molecule has 2 N–H and O–H groups in total.